The molecule has 140 valence electrons. The molecule has 1 aliphatic rings. The molecule has 0 aliphatic heterocycles. The van der Waals surface area contributed by atoms with Gasteiger partial charge in [-0.1, -0.05) is 42.8 Å². The summed E-state index contributed by atoms with van der Waals surface area (Å²) in [7, 11) is -1.97. The van der Waals surface area contributed by atoms with E-state index in [4.69, 9.17) is 22.1 Å². The molecule has 26 heavy (non-hydrogen) atoms. The van der Waals surface area contributed by atoms with Gasteiger partial charge < -0.3 is 10.5 Å². The number of benzene rings is 2. The molecule has 3 atom stereocenters. The summed E-state index contributed by atoms with van der Waals surface area (Å²) in [5.74, 6) is -0.181. The van der Waals surface area contributed by atoms with Crippen molar-refractivity contribution < 1.29 is 13.2 Å². The molecule has 0 unspecified atom stereocenters. The topological polar surface area (TPSA) is 69.4 Å². The van der Waals surface area contributed by atoms with E-state index in [-0.39, 0.29) is 17.4 Å². The molecule has 0 heterocycles. The molecule has 2 aromatic rings. The fourth-order valence-corrected chi connectivity index (χ4v) is 6.49. The number of hydrogen-bond donors (Lipinski definition) is 1. The number of nitrogens with two attached hydrogens (primary N) is 1. The van der Waals surface area contributed by atoms with Crippen LogP contribution in [0.25, 0.3) is 0 Å². The quantitative estimate of drug-likeness (QED) is 0.782. The van der Waals surface area contributed by atoms with E-state index in [0.29, 0.717) is 11.6 Å². The van der Waals surface area contributed by atoms with Crippen LogP contribution in [0.5, 0.6) is 0 Å². The van der Waals surface area contributed by atoms with Gasteiger partial charge in [-0.05, 0) is 41.8 Å². The minimum atomic E-state index is -3.56. The second-order valence-electron chi connectivity index (χ2n) is 6.86. The molecular weight excluding hydrogens is 370 g/mol. The van der Waals surface area contributed by atoms with Crippen molar-refractivity contribution >= 4 is 21.4 Å². The lowest BCUT2D eigenvalue weighted by molar-refractivity contribution is 0.142. The number of methoxy groups -OCH3 is 1. The fraction of sp³-hybridized carbons (Fsp3) is 0.400. The third kappa shape index (κ3) is 3.18. The van der Waals surface area contributed by atoms with Gasteiger partial charge in [0.15, 0.2) is 9.84 Å². The fourth-order valence-electron chi connectivity index (χ4n) is 3.92. The summed E-state index contributed by atoms with van der Waals surface area (Å²) in [5.41, 5.74) is 7.66. The van der Waals surface area contributed by atoms with Crippen molar-refractivity contribution in [3.8, 4) is 0 Å². The second kappa shape index (κ2) is 7.31. The number of halogens is 1. The third-order valence-electron chi connectivity index (χ3n) is 5.40. The normalized spacial score (nSPS) is 25.2. The summed E-state index contributed by atoms with van der Waals surface area (Å²) >= 11 is 5.91. The van der Waals surface area contributed by atoms with E-state index in [9.17, 15) is 8.42 Å². The molecular formula is C20H24ClNO3S. The molecule has 0 amide bonds. The van der Waals surface area contributed by atoms with E-state index >= 15 is 0 Å². The van der Waals surface area contributed by atoms with Crippen molar-refractivity contribution in [2.24, 2.45) is 11.1 Å². The highest BCUT2D eigenvalue weighted by Crippen LogP contribution is 2.63. The molecule has 0 radical (unpaired) electrons. The highest BCUT2D eigenvalue weighted by atomic mass is 35.5. The Morgan fingerprint density at radius 1 is 1.12 bits per heavy atom. The number of aryl methyl sites for hydroxylation is 1. The first kappa shape index (κ1) is 19.4. The molecule has 1 saturated carbocycles. The molecule has 2 N–H and O–H groups in total. The molecule has 0 aromatic heterocycles. The minimum Gasteiger partial charge on any atom is -0.384 e. The van der Waals surface area contributed by atoms with Gasteiger partial charge in [0.25, 0.3) is 0 Å². The summed E-state index contributed by atoms with van der Waals surface area (Å²) in [6.07, 6.45) is 0.942. The van der Waals surface area contributed by atoms with Gasteiger partial charge in [-0.25, -0.2) is 8.42 Å². The highest BCUT2D eigenvalue weighted by Gasteiger charge is 2.70. The van der Waals surface area contributed by atoms with Crippen LogP contribution in [0.1, 0.15) is 24.0 Å². The van der Waals surface area contributed by atoms with Crippen LogP contribution in [0.4, 0.5) is 0 Å². The van der Waals surface area contributed by atoms with Crippen molar-refractivity contribution in [2.45, 2.75) is 29.4 Å². The Hall–Kier alpha value is -1.40. The summed E-state index contributed by atoms with van der Waals surface area (Å²) in [6, 6.07) is 14.4. The van der Waals surface area contributed by atoms with Gasteiger partial charge in [-0.3, -0.25) is 0 Å². The third-order valence-corrected chi connectivity index (χ3v) is 7.99. The monoisotopic (exact) mass is 393 g/mol. The summed E-state index contributed by atoms with van der Waals surface area (Å²) in [6.45, 7) is 2.65. The van der Waals surface area contributed by atoms with Crippen LogP contribution in [0, 0.1) is 5.41 Å². The summed E-state index contributed by atoms with van der Waals surface area (Å²) in [4.78, 5) is 0.272. The van der Waals surface area contributed by atoms with Crippen LogP contribution >= 0.6 is 11.6 Å². The molecule has 4 nitrogen and oxygen atoms in total. The van der Waals surface area contributed by atoms with Crippen molar-refractivity contribution in [3.63, 3.8) is 0 Å². The van der Waals surface area contributed by atoms with E-state index in [1.165, 1.54) is 5.56 Å². The Bertz CT molecular complexity index is 865. The van der Waals surface area contributed by atoms with Gasteiger partial charge in [0.05, 0.1) is 16.8 Å². The molecule has 0 bridgehead atoms. The largest absolute Gasteiger partial charge is 0.384 e. The lowest BCUT2D eigenvalue weighted by Crippen LogP contribution is -2.28. The van der Waals surface area contributed by atoms with Gasteiger partial charge in [-0.2, -0.15) is 0 Å². The van der Waals surface area contributed by atoms with Gasteiger partial charge in [0, 0.05) is 30.0 Å². The average molecular weight is 394 g/mol. The van der Waals surface area contributed by atoms with Crippen molar-refractivity contribution in [2.75, 3.05) is 20.3 Å². The minimum absolute atomic E-state index is 0.181. The zero-order valence-electron chi connectivity index (χ0n) is 15.0. The van der Waals surface area contributed by atoms with Gasteiger partial charge in [-0.15, -0.1) is 0 Å². The molecule has 0 spiro atoms. The van der Waals surface area contributed by atoms with Crippen molar-refractivity contribution in [1.29, 1.82) is 0 Å². The first-order chi connectivity index (χ1) is 12.4. The van der Waals surface area contributed by atoms with E-state index in [0.717, 1.165) is 12.0 Å². The van der Waals surface area contributed by atoms with Crippen molar-refractivity contribution in [1.82, 2.24) is 0 Å². The van der Waals surface area contributed by atoms with Gasteiger partial charge >= 0.3 is 0 Å². The van der Waals surface area contributed by atoms with E-state index in [2.05, 4.69) is 6.92 Å². The Balaban J connectivity index is 2.03. The zero-order valence-corrected chi connectivity index (χ0v) is 16.6. The van der Waals surface area contributed by atoms with Crippen LogP contribution in [-0.4, -0.2) is 33.9 Å². The van der Waals surface area contributed by atoms with Crippen LogP contribution in [0.3, 0.4) is 0 Å². The van der Waals surface area contributed by atoms with Crippen LogP contribution in [0.2, 0.25) is 5.02 Å². The molecule has 1 fully saturated rings. The standard InChI is InChI=1S/C20H24ClNO3S/c1-3-14-4-6-15(7-5-14)18-19(20(18,12-22)13-25-2)26(23,24)17-10-8-16(21)9-11-17/h4-11,18-19H,3,12-13,22H2,1-2H3/t18-,19+,20-/m1/s1. The van der Waals surface area contributed by atoms with E-state index in [1.807, 2.05) is 24.3 Å². The Labute approximate surface area is 160 Å². The first-order valence-corrected chi connectivity index (χ1v) is 10.6. The smallest absolute Gasteiger partial charge is 0.182 e. The lowest BCUT2D eigenvalue weighted by atomic mass is 9.99. The number of ether oxygens (including phenoxy) is 1. The predicted octanol–water partition coefficient (Wildman–Crippen LogP) is 3.43. The molecule has 6 heteroatoms. The number of hydrogen-bond acceptors (Lipinski definition) is 4. The maximum absolute atomic E-state index is 13.3. The Morgan fingerprint density at radius 2 is 1.73 bits per heavy atom. The van der Waals surface area contributed by atoms with Crippen molar-refractivity contribution in [3.05, 3.63) is 64.7 Å². The maximum Gasteiger partial charge on any atom is 0.182 e. The Kier molecular flexibility index (Phi) is 5.45. The predicted molar refractivity (Wildman–Crippen MR) is 104 cm³/mol. The van der Waals surface area contributed by atoms with Crippen LogP contribution in [0.15, 0.2) is 53.4 Å². The number of sulfone groups is 1. The molecule has 1 aliphatic carbocycles. The van der Waals surface area contributed by atoms with Gasteiger partial charge in [0.2, 0.25) is 0 Å². The molecule has 2 aromatic carbocycles. The molecule has 0 saturated heterocycles. The van der Waals surface area contributed by atoms with Crippen LogP contribution in [-0.2, 0) is 21.0 Å². The zero-order chi connectivity index (χ0) is 18.9. The van der Waals surface area contributed by atoms with Crippen LogP contribution < -0.4 is 5.73 Å². The highest BCUT2D eigenvalue weighted by molar-refractivity contribution is 7.92. The lowest BCUT2D eigenvalue weighted by Gasteiger charge is -2.15. The van der Waals surface area contributed by atoms with E-state index in [1.54, 1.807) is 31.4 Å². The first-order valence-electron chi connectivity index (χ1n) is 8.68. The molecule has 3 rings (SSSR count). The van der Waals surface area contributed by atoms with E-state index < -0.39 is 20.5 Å². The Morgan fingerprint density at radius 3 is 2.23 bits per heavy atom. The maximum atomic E-state index is 13.3. The van der Waals surface area contributed by atoms with Gasteiger partial charge in [0.1, 0.15) is 0 Å². The SMILES string of the molecule is CCc1ccc([C@@H]2[C@H](S(=O)(=O)c3ccc(Cl)cc3)[C@]2(CN)COC)cc1. The summed E-state index contributed by atoms with van der Waals surface area (Å²) in [5, 5.41) is -0.0953. The second-order valence-corrected chi connectivity index (χ2v) is 9.37. The average Bonchev–Trinajstić information content (AvgIpc) is 3.32. The summed E-state index contributed by atoms with van der Waals surface area (Å²) < 4.78 is 32.0. The number of rotatable bonds is 7.